The lowest BCUT2D eigenvalue weighted by Gasteiger charge is -2.11. The second-order valence-corrected chi connectivity index (χ2v) is 6.39. The van der Waals surface area contributed by atoms with E-state index in [2.05, 4.69) is 25.4 Å². The van der Waals surface area contributed by atoms with Crippen molar-refractivity contribution in [3.8, 4) is 5.75 Å². The maximum atomic E-state index is 12.6. The van der Waals surface area contributed by atoms with Gasteiger partial charge in [0.2, 0.25) is 5.82 Å². The van der Waals surface area contributed by atoms with Gasteiger partial charge in [-0.05, 0) is 42.8 Å². The van der Waals surface area contributed by atoms with Crippen molar-refractivity contribution in [1.29, 1.82) is 0 Å². The smallest absolute Gasteiger partial charge is 0.296 e. The fourth-order valence-electron chi connectivity index (χ4n) is 2.55. The molecule has 28 heavy (non-hydrogen) atoms. The average Bonchev–Trinajstić information content (AvgIpc) is 3.13. The molecule has 1 aromatic carbocycles. The number of nitrogens with zero attached hydrogens (tertiary/aromatic N) is 5. The molecule has 0 aliphatic rings. The molecule has 9 heteroatoms. The Morgan fingerprint density at radius 3 is 2.89 bits per heavy atom. The van der Waals surface area contributed by atoms with E-state index in [4.69, 9.17) is 16.3 Å². The van der Waals surface area contributed by atoms with Crippen molar-refractivity contribution >= 4 is 29.1 Å². The van der Waals surface area contributed by atoms with Crippen molar-refractivity contribution in [3.63, 3.8) is 0 Å². The molecular weight excluding hydrogens is 380 g/mol. The molecule has 0 saturated carbocycles. The molecule has 4 aromatic rings. The lowest BCUT2D eigenvalue weighted by molar-refractivity contribution is 0.101. The van der Waals surface area contributed by atoms with Gasteiger partial charge in [-0.2, -0.15) is 4.98 Å². The average molecular weight is 395 g/mol. The van der Waals surface area contributed by atoms with Crippen molar-refractivity contribution in [2.45, 2.75) is 13.5 Å². The van der Waals surface area contributed by atoms with E-state index in [0.717, 1.165) is 11.3 Å². The Hall–Kier alpha value is -3.52. The van der Waals surface area contributed by atoms with E-state index in [1.54, 1.807) is 36.7 Å². The van der Waals surface area contributed by atoms with Crippen LogP contribution in [0.4, 0.5) is 5.82 Å². The monoisotopic (exact) mass is 394 g/mol. The number of benzene rings is 1. The maximum Gasteiger partial charge on any atom is 0.296 e. The number of halogens is 1. The van der Waals surface area contributed by atoms with Crippen molar-refractivity contribution in [3.05, 3.63) is 77.0 Å². The minimum absolute atomic E-state index is 0.00626. The van der Waals surface area contributed by atoms with Crippen LogP contribution < -0.4 is 10.1 Å². The first-order chi connectivity index (χ1) is 13.6. The summed E-state index contributed by atoms with van der Waals surface area (Å²) in [6, 6.07) is 12.6. The van der Waals surface area contributed by atoms with Gasteiger partial charge in [0.05, 0.1) is 0 Å². The van der Waals surface area contributed by atoms with Gasteiger partial charge in [0.25, 0.3) is 11.7 Å². The second kappa shape index (κ2) is 7.61. The molecule has 0 aliphatic heterocycles. The predicted molar refractivity (Wildman–Crippen MR) is 103 cm³/mol. The van der Waals surface area contributed by atoms with Gasteiger partial charge >= 0.3 is 0 Å². The number of anilines is 1. The van der Waals surface area contributed by atoms with E-state index in [1.165, 1.54) is 4.52 Å². The Morgan fingerprint density at radius 1 is 1.18 bits per heavy atom. The first kappa shape index (κ1) is 17.9. The molecule has 1 amide bonds. The van der Waals surface area contributed by atoms with Crippen LogP contribution >= 0.6 is 11.6 Å². The summed E-state index contributed by atoms with van der Waals surface area (Å²) >= 11 is 5.99. The van der Waals surface area contributed by atoms with E-state index in [0.29, 0.717) is 16.5 Å². The molecule has 3 aromatic heterocycles. The van der Waals surface area contributed by atoms with Crippen LogP contribution in [0.5, 0.6) is 5.75 Å². The van der Waals surface area contributed by atoms with Crippen LogP contribution in [-0.4, -0.2) is 30.5 Å². The molecule has 8 nitrogen and oxygen atoms in total. The molecule has 0 atom stereocenters. The summed E-state index contributed by atoms with van der Waals surface area (Å²) in [4.78, 5) is 25.0. The largest absolute Gasteiger partial charge is 0.485 e. The zero-order valence-corrected chi connectivity index (χ0v) is 15.6. The summed E-state index contributed by atoms with van der Waals surface area (Å²) in [6.07, 6.45) is 3.17. The third-order valence-corrected chi connectivity index (χ3v) is 4.15. The summed E-state index contributed by atoms with van der Waals surface area (Å²) in [5.41, 5.74) is 1.72. The van der Waals surface area contributed by atoms with Gasteiger partial charge in [0, 0.05) is 23.1 Å². The number of carbonyl (C=O) groups is 1. The third-order valence-electron chi connectivity index (χ3n) is 3.92. The highest BCUT2D eigenvalue weighted by atomic mass is 35.5. The van der Waals surface area contributed by atoms with Gasteiger partial charge in [0.1, 0.15) is 6.61 Å². The molecule has 4 rings (SSSR count). The molecule has 0 fully saturated rings. The van der Waals surface area contributed by atoms with E-state index in [9.17, 15) is 4.79 Å². The first-order valence-corrected chi connectivity index (χ1v) is 8.80. The number of pyridine rings is 1. The highest BCUT2D eigenvalue weighted by Gasteiger charge is 2.17. The zero-order valence-electron chi connectivity index (χ0n) is 14.8. The quantitative estimate of drug-likeness (QED) is 0.558. The van der Waals surface area contributed by atoms with Crippen molar-refractivity contribution < 1.29 is 9.53 Å². The number of amides is 1. The van der Waals surface area contributed by atoms with Crippen LogP contribution in [0.15, 0.2) is 54.9 Å². The number of hydrogen-bond donors (Lipinski definition) is 1. The molecule has 0 bridgehead atoms. The Kier molecular flexibility index (Phi) is 4.86. The van der Waals surface area contributed by atoms with E-state index < -0.39 is 5.91 Å². The number of ether oxygens (including phenoxy) is 1. The lowest BCUT2D eigenvalue weighted by atomic mass is 10.2. The Bertz CT molecular complexity index is 1160. The van der Waals surface area contributed by atoms with Gasteiger partial charge < -0.3 is 10.1 Å². The number of hydrogen-bond acceptors (Lipinski definition) is 6. The van der Waals surface area contributed by atoms with Crippen LogP contribution in [0.1, 0.15) is 21.9 Å². The number of aryl methyl sites for hydroxylation is 1. The minimum atomic E-state index is -0.504. The summed E-state index contributed by atoms with van der Waals surface area (Å²) < 4.78 is 7.30. The van der Waals surface area contributed by atoms with Crippen LogP contribution in [0.2, 0.25) is 5.02 Å². The Balaban J connectivity index is 1.52. The molecule has 0 spiro atoms. The molecule has 1 N–H and O–H groups in total. The highest BCUT2D eigenvalue weighted by molar-refractivity contribution is 6.30. The number of carbonyl (C=O) groups excluding carboxylic acids is 1. The molecule has 0 radical (unpaired) electrons. The summed E-state index contributed by atoms with van der Waals surface area (Å²) in [5.74, 6) is 0.542. The standard InChI is InChI=1S/C19H15ClN6O2/c1-12-7-9-22-19-24-17(25-26(12)19)18(27)23-16-15(6-3-8-21-16)28-11-13-4-2-5-14(20)10-13/h2-10H,11H2,1H3,(H,21,23,27). The van der Waals surface area contributed by atoms with Gasteiger partial charge in [-0.25, -0.2) is 14.5 Å². The summed E-state index contributed by atoms with van der Waals surface area (Å²) in [6.45, 7) is 2.14. The van der Waals surface area contributed by atoms with Gasteiger partial charge in [0.15, 0.2) is 11.6 Å². The van der Waals surface area contributed by atoms with Gasteiger partial charge in [-0.3, -0.25) is 4.79 Å². The SMILES string of the molecule is Cc1ccnc2nc(C(=O)Nc3ncccc3OCc3cccc(Cl)c3)nn12. The molecule has 0 saturated heterocycles. The van der Waals surface area contributed by atoms with Crippen LogP contribution in [0.25, 0.3) is 5.78 Å². The summed E-state index contributed by atoms with van der Waals surface area (Å²) in [7, 11) is 0. The minimum Gasteiger partial charge on any atom is -0.485 e. The molecule has 140 valence electrons. The summed E-state index contributed by atoms with van der Waals surface area (Å²) in [5, 5.41) is 7.50. The predicted octanol–water partition coefficient (Wildman–Crippen LogP) is 3.31. The van der Waals surface area contributed by atoms with E-state index in [-0.39, 0.29) is 18.2 Å². The Labute approximate surface area is 165 Å². The fraction of sp³-hybridized carbons (Fsp3) is 0.105. The highest BCUT2D eigenvalue weighted by Crippen LogP contribution is 2.23. The van der Waals surface area contributed by atoms with Crippen molar-refractivity contribution in [1.82, 2.24) is 24.6 Å². The Morgan fingerprint density at radius 2 is 2.07 bits per heavy atom. The molecule has 3 heterocycles. The second-order valence-electron chi connectivity index (χ2n) is 5.96. The van der Waals surface area contributed by atoms with Gasteiger partial charge in [-0.1, -0.05) is 23.7 Å². The number of rotatable bonds is 5. The van der Waals surface area contributed by atoms with Crippen LogP contribution in [0, 0.1) is 6.92 Å². The third kappa shape index (κ3) is 3.77. The van der Waals surface area contributed by atoms with Crippen molar-refractivity contribution in [2.75, 3.05) is 5.32 Å². The molecule has 0 aliphatic carbocycles. The number of aromatic nitrogens is 5. The maximum absolute atomic E-state index is 12.6. The fourth-order valence-corrected chi connectivity index (χ4v) is 2.77. The zero-order chi connectivity index (χ0) is 19.5. The molecular formula is C19H15ClN6O2. The van der Waals surface area contributed by atoms with Crippen LogP contribution in [-0.2, 0) is 6.61 Å². The van der Waals surface area contributed by atoms with E-state index in [1.807, 2.05) is 25.1 Å². The number of fused-ring (bicyclic) bond motifs is 1. The van der Waals surface area contributed by atoms with Crippen molar-refractivity contribution in [2.24, 2.45) is 0 Å². The van der Waals surface area contributed by atoms with Gasteiger partial charge in [-0.15, -0.1) is 5.10 Å². The molecule has 0 unspecified atom stereocenters. The lowest BCUT2D eigenvalue weighted by Crippen LogP contribution is -2.16. The first-order valence-electron chi connectivity index (χ1n) is 8.42. The van der Waals surface area contributed by atoms with E-state index >= 15 is 0 Å². The van der Waals surface area contributed by atoms with Crippen LogP contribution in [0.3, 0.4) is 0 Å². The normalized spacial score (nSPS) is 10.8. The number of nitrogens with one attached hydrogen (secondary N) is 1. The topological polar surface area (TPSA) is 94.3 Å².